The molecule has 1 aromatic rings. The van der Waals surface area contributed by atoms with Gasteiger partial charge in [-0.2, -0.15) is 0 Å². The van der Waals surface area contributed by atoms with Gasteiger partial charge in [-0.25, -0.2) is 4.79 Å². The Kier molecular flexibility index (Phi) is 2.84. The summed E-state index contributed by atoms with van der Waals surface area (Å²) in [6, 6.07) is 3.07. The molecule has 0 fully saturated rings. The highest BCUT2D eigenvalue weighted by Crippen LogP contribution is 2.12. The van der Waals surface area contributed by atoms with Gasteiger partial charge in [0.25, 0.3) is 0 Å². The normalized spacial score (nSPS) is 12.2. The van der Waals surface area contributed by atoms with Crippen molar-refractivity contribution in [3.63, 3.8) is 0 Å². The molecule has 1 atom stereocenters. The lowest BCUT2D eigenvalue weighted by atomic mass is 10.2. The molecule has 0 unspecified atom stereocenters. The maximum Gasteiger partial charge on any atom is 0.326 e. The number of nitrogens with zero attached hydrogens (tertiary/aromatic N) is 2. The topological polar surface area (TPSA) is 53.4 Å². The fourth-order valence-corrected chi connectivity index (χ4v) is 0.952. The number of aliphatic carboxylic acids is 1. The van der Waals surface area contributed by atoms with Crippen LogP contribution in [0.25, 0.3) is 0 Å². The maximum absolute atomic E-state index is 10.7. The van der Waals surface area contributed by atoms with E-state index in [1.165, 1.54) is 0 Å². The van der Waals surface area contributed by atoms with Crippen molar-refractivity contribution in [3.05, 3.63) is 24.5 Å². The molecule has 0 aliphatic heterocycles. The van der Waals surface area contributed by atoms with Crippen molar-refractivity contribution in [1.82, 2.24) is 4.98 Å². The molecule has 1 rings (SSSR count). The van der Waals surface area contributed by atoms with E-state index in [0.29, 0.717) is 0 Å². The Balaban J connectivity index is 2.79. The van der Waals surface area contributed by atoms with Crippen LogP contribution in [0.4, 0.5) is 5.69 Å². The van der Waals surface area contributed by atoms with Gasteiger partial charge in [0.1, 0.15) is 6.04 Å². The number of carbonyl (C=O) groups is 1. The van der Waals surface area contributed by atoms with Gasteiger partial charge < -0.3 is 10.0 Å². The summed E-state index contributed by atoms with van der Waals surface area (Å²) in [6.45, 7) is 1.63. The lowest BCUT2D eigenvalue weighted by Gasteiger charge is -2.22. The minimum atomic E-state index is -0.841. The first-order valence-electron chi connectivity index (χ1n) is 3.98. The molecule has 0 amide bonds. The average Bonchev–Trinajstić information content (AvgIpc) is 2.17. The quantitative estimate of drug-likeness (QED) is 0.753. The summed E-state index contributed by atoms with van der Waals surface area (Å²) >= 11 is 0. The molecule has 0 radical (unpaired) electrons. The van der Waals surface area contributed by atoms with E-state index < -0.39 is 12.0 Å². The Morgan fingerprint density at radius 3 is 2.85 bits per heavy atom. The van der Waals surface area contributed by atoms with Gasteiger partial charge in [-0.05, 0) is 19.1 Å². The van der Waals surface area contributed by atoms with Crippen LogP contribution in [0.1, 0.15) is 6.92 Å². The van der Waals surface area contributed by atoms with E-state index in [9.17, 15) is 4.79 Å². The van der Waals surface area contributed by atoms with E-state index in [2.05, 4.69) is 4.98 Å². The number of hydrogen-bond acceptors (Lipinski definition) is 3. The van der Waals surface area contributed by atoms with E-state index in [1.807, 2.05) is 6.07 Å². The first-order valence-corrected chi connectivity index (χ1v) is 3.98. The van der Waals surface area contributed by atoms with Gasteiger partial charge in [0.2, 0.25) is 0 Å². The Bertz CT molecular complexity index is 287. The molecule has 1 N–H and O–H groups in total. The average molecular weight is 180 g/mol. The summed E-state index contributed by atoms with van der Waals surface area (Å²) in [5.41, 5.74) is 0.803. The predicted molar refractivity (Wildman–Crippen MR) is 49.7 cm³/mol. The molecule has 0 aromatic carbocycles. The largest absolute Gasteiger partial charge is 0.480 e. The Hall–Kier alpha value is -1.58. The zero-order valence-electron chi connectivity index (χ0n) is 7.64. The number of aromatic nitrogens is 1. The highest BCUT2D eigenvalue weighted by atomic mass is 16.4. The second kappa shape index (κ2) is 3.89. The summed E-state index contributed by atoms with van der Waals surface area (Å²) < 4.78 is 0. The van der Waals surface area contributed by atoms with E-state index in [0.717, 1.165) is 5.69 Å². The number of anilines is 1. The molecule has 0 saturated heterocycles. The smallest absolute Gasteiger partial charge is 0.326 e. The van der Waals surface area contributed by atoms with Crippen molar-refractivity contribution in [2.75, 3.05) is 11.9 Å². The second-order valence-corrected chi connectivity index (χ2v) is 2.84. The van der Waals surface area contributed by atoms with E-state index >= 15 is 0 Å². The number of rotatable bonds is 3. The molecule has 0 bridgehead atoms. The van der Waals surface area contributed by atoms with Crippen LogP contribution < -0.4 is 4.90 Å². The fourth-order valence-electron chi connectivity index (χ4n) is 0.952. The molecular weight excluding hydrogens is 168 g/mol. The van der Waals surface area contributed by atoms with E-state index in [4.69, 9.17) is 5.11 Å². The fraction of sp³-hybridized carbons (Fsp3) is 0.333. The molecule has 4 heteroatoms. The first-order chi connectivity index (χ1) is 6.13. The Labute approximate surface area is 76.8 Å². The van der Waals surface area contributed by atoms with Crippen LogP contribution in [-0.2, 0) is 4.79 Å². The first kappa shape index (κ1) is 9.51. The van der Waals surface area contributed by atoms with Gasteiger partial charge in [0, 0.05) is 13.2 Å². The van der Waals surface area contributed by atoms with Crippen LogP contribution in [0.3, 0.4) is 0 Å². The van der Waals surface area contributed by atoms with Crippen LogP contribution >= 0.6 is 0 Å². The summed E-state index contributed by atoms with van der Waals surface area (Å²) in [5, 5.41) is 8.75. The Morgan fingerprint density at radius 1 is 1.69 bits per heavy atom. The van der Waals surface area contributed by atoms with Gasteiger partial charge in [-0.15, -0.1) is 0 Å². The number of carboxylic acid groups (broad SMARTS) is 1. The third-order valence-electron chi connectivity index (χ3n) is 1.99. The SMILES string of the molecule is C[C@@H](C(=O)O)N(C)c1cccnc1. The van der Waals surface area contributed by atoms with Crippen molar-refractivity contribution in [3.8, 4) is 0 Å². The van der Waals surface area contributed by atoms with E-state index in [1.54, 1.807) is 37.3 Å². The standard InChI is InChI=1S/C9H12N2O2/c1-7(9(12)13)11(2)8-4-3-5-10-6-8/h3-7H,1-2H3,(H,12,13)/t7-/m0/s1. The predicted octanol–water partition coefficient (Wildman–Crippen LogP) is 0.991. The summed E-state index contributed by atoms with van der Waals surface area (Å²) in [6.07, 6.45) is 3.29. The molecule has 0 aliphatic rings. The van der Waals surface area contributed by atoms with Crippen LogP contribution in [0.15, 0.2) is 24.5 Å². The maximum atomic E-state index is 10.7. The second-order valence-electron chi connectivity index (χ2n) is 2.84. The zero-order chi connectivity index (χ0) is 9.84. The van der Waals surface area contributed by atoms with Crippen LogP contribution in [0, 0.1) is 0 Å². The molecular formula is C9H12N2O2. The lowest BCUT2D eigenvalue weighted by molar-refractivity contribution is -0.138. The molecule has 4 nitrogen and oxygen atoms in total. The monoisotopic (exact) mass is 180 g/mol. The number of carboxylic acids is 1. The van der Waals surface area contributed by atoms with Gasteiger partial charge in [-0.1, -0.05) is 0 Å². The van der Waals surface area contributed by atoms with Crippen molar-refractivity contribution in [1.29, 1.82) is 0 Å². The molecule has 1 heterocycles. The van der Waals surface area contributed by atoms with Gasteiger partial charge in [-0.3, -0.25) is 4.98 Å². The van der Waals surface area contributed by atoms with Crippen molar-refractivity contribution in [2.24, 2.45) is 0 Å². The molecule has 1 aromatic heterocycles. The van der Waals surface area contributed by atoms with Crippen molar-refractivity contribution >= 4 is 11.7 Å². The summed E-state index contributed by atoms with van der Waals surface area (Å²) in [5.74, 6) is -0.841. The molecule has 0 saturated carbocycles. The van der Waals surface area contributed by atoms with Crippen LogP contribution in [-0.4, -0.2) is 29.1 Å². The third-order valence-corrected chi connectivity index (χ3v) is 1.99. The van der Waals surface area contributed by atoms with E-state index in [-0.39, 0.29) is 0 Å². The van der Waals surface area contributed by atoms with Crippen molar-refractivity contribution < 1.29 is 9.90 Å². The minimum Gasteiger partial charge on any atom is -0.480 e. The molecule has 0 spiro atoms. The van der Waals surface area contributed by atoms with Gasteiger partial charge >= 0.3 is 5.97 Å². The highest BCUT2D eigenvalue weighted by molar-refractivity contribution is 5.77. The highest BCUT2D eigenvalue weighted by Gasteiger charge is 2.16. The molecule has 0 aliphatic carbocycles. The summed E-state index contributed by atoms with van der Waals surface area (Å²) in [7, 11) is 1.73. The van der Waals surface area contributed by atoms with Crippen LogP contribution in [0.2, 0.25) is 0 Å². The molecule has 70 valence electrons. The third kappa shape index (κ3) is 2.18. The molecule has 13 heavy (non-hydrogen) atoms. The number of likely N-dealkylation sites (N-methyl/N-ethyl adjacent to an activating group) is 1. The minimum absolute atomic E-state index is 0.538. The number of hydrogen-bond donors (Lipinski definition) is 1. The van der Waals surface area contributed by atoms with Gasteiger partial charge in [0.05, 0.1) is 11.9 Å². The summed E-state index contributed by atoms with van der Waals surface area (Å²) in [4.78, 5) is 16.2. The van der Waals surface area contributed by atoms with Crippen molar-refractivity contribution in [2.45, 2.75) is 13.0 Å². The Morgan fingerprint density at radius 2 is 2.38 bits per heavy atom. The number of pyridine rings is 1. The van der Waals surface area contributed by atoms with Crippen LogP contribution in [0.5, 0.6) is 0 Å². The van der Waals surface area contributed by atoms with Gasteiger partial charge in [0.15, 0.2) is 0 Å². The lowest BCUT2D eigenvalue weighted by Crippen LogP contribution is -2.35. The zero-order valence-corrected chi connectivity index (χ0v) is 7.64.